The van der Waals surface area contributed by atoms with E-state index in [1.165, 1.54) is 6.20 Å². The van der Waals surface area contributed by atoms with Gasteiger partial charge in [-0.1, -0.05) is 26.1 Å². The summed E-state index contributed by atoms with van der Waals surface area (Å²) in [5.41, 5.74) is 6.32. The Kier molecular flexibility index (Phi) is 6.74. The summed E-state index contributed by atoms with van der Waals surface area (Å²) in [5.74, 6) is -0.0122. The molecule has 1 rings (SSSR count). The minimum Gasteiger partial charge on any atom is -0.389 e. The molecule has 0 aliphatic rings. The smallest absolute Gasteiger partial charge is 0.269 e. The molecule has 0 aromatic carbocycles. The van der Waals surface area contributed by atoms with Crippen molar-refractivity contribution in [3.05, 3.63) is 29.6 Å². The molecular weight excluding hydrogens is 288 g/mol. The van der Waals surface area contributed by atoms with Crippen molar-refractivity contribution in [2.75, 3.05) is 13.1 Å². The Morgan fingerprint density at radius 2 is 2.05 bits per heavy atom. The van der Waals surface area contributed by atoms with Crippen LogP contribution in [0, 0.1) is 5.92 Å². The van der Waals surface area contributed by atoms with Gasteiger partial charge in [0, 0.05) is 31.3 Å². The molecule has 0 saturated carbocycles. The predicted octanol–water partition coefficient (Wildman–Crippen LogP) is 0.608. The van der Waals surface area contributed by atoms with E-state index in [4.69, 9.17) is 18.0 Å². The fraction of sp³-hybridized carbons (Fsp3) is 0.429. The van der Waals surface area contributed by atoms with Gasteiger partial charge in [-0.3, -0.25) is 14.6 Å². The van der Waals surface area contributed by atoms with Crippen molar-refractivity contribution in [2.45, 2.75) is 20.3 Å². The Bertz CT molecular complexity index is 514. The molecule has 0 unspecified atom stereocenters. The largest absolute Gasteiger partial charge is 0.389 e. The lowest BCUT2D eigenvalue weighted by atomic mass is 10.2. The third-order valence-electron chi connectivity index (χ3n) is 2.63. The molecule has 0 aliphatic heterocycles. The summed E-state index contributed by atoms with van der Waals surface area (Å²) in [7, 11) is 0. The van der Waals surface area contributed by atoms with E-state index in [1.54, 1.807) is 12.1 Å². The Balaban J connectivity index is 2.37. The molecule has 0 bridgehead atoms. The number of nitrogens with two attached hydrogens (primary N) is 1. The predicted molar refractivity (Wildman–Crippen MR) is 84.9 cm³/mol. The van der Waals surface area contributed by atoms with Crippen LogP contribution in [0.4, 0.5) is 0 Å². The molecule has 0 spiro atoms. The van der Waals surface area contributed by atoms with Gasteiger partial charge in [-0.05, 0) is 18.1 Å². The van der Waals surface area contributed by atoms with Gasteiger partial charge in [0.05, 0.1) is 0 Å². The number of carbonyl (C=O) groups is 2. The van der Waals surface area contributed by atoms with Crippen molar-refractivity contribution in [2.24, 2.45) is 11.7 Å². The Hall–Kier alpha value is -2.02. The van der Waals surface area contributed by atoms with Crippen LogP contribution in [-0.4, -0.2) is 34.9 Å². The molecule has 2 amide bonds. The Labute approximate surface area is 129 Å². The maximum atomic E-state index is 11.8. The summed E-state index contributed by atoms with van der Waals surface area (Å²) in [4.78, 5) is 27.5. The van der Waals surface area contributed by atoms with Gasteiger partial charge in [0.25, 0.3) is 5.91 Å². The van der Waals surface area contributed by atoms with E-state index >= 15 is 0 Å². The van der Waals surface area contributed by atoms with E-state index in [-0.39, 0.29) is 35.5 Å². The molecule has 4 N–H and O–H groups in total. The minimum absolute atomic E-state index is 0.0826. The van der Waals surface area contributed by atoms with E-state index in [0.717, 1.165) is 0 Å². The zero-order valence-electron chi connectivity index (χ0n) is 12.2. The molecule has 7 heteroatoms. The van der Waals surface area contributed by atoms with Crippen molar-refractivity contribution >= 4 is 29.0 Å². The maximum Gasteiger partial charge on any atom is 0.269 e. The molecule has 6 nitrogen and oxygen atoms in total. The monoisotopic (exact) mass is 308 g/mol. The number of carbonyl (C=O) groups excluding carboxylic acids is 2. The molecule has 0 saturated heterocycles. The quantitative estimate of drug-likeness (QED) is 0.641. The van der Waals surface area contributed by atoms with Crippen LogP contribution < -0.4 is 16.4 Å². The first kappa shape index (κ1) is 17.0. The first-order valence-electron chi connectivity index (χ1n) is 6.71. The second-order valence-corrected chi connectivity index (χ2v) is 5.44. The molecule has 1 aromatic heterocycles. The fourth-order valence-electron chi connectivity index (χ4n) is 1.46. The molecular formula is C14H20N4O2S. The molecule has 0 fully saturated rings. The van der Waals surface area contributed by atoms with Gasteiger partial charge in [0.1, 0.15) is 10.7 Å². The zero-order valence-corrected chi connectivity index (χ0v) is 13.0. The van der Waals surface area contributed by atoms with Gasteiger partial charge in [0.2, 0.25) is 5.91 Å². The second-order valence-electron chi connectivity index (χ2n) is 5.00. The fourth-order valence-corrected chi connectivity index (χ4v) is 1.58. The molecule has 1 heterocycles. The molecule has 114 valence electrons. The van der Waals surface area contributed by atoms with Gasteiger partial charge < -0.3 is 16.4 Å². The number of hydrogen-bond donors (Lipinski definition) is 3. The summed E-state index contributed by atoms with van der Waals surface area (Å²) in [5, 5.41) is 5.42. The molecule has 0 aliphatic carbocycles. The number of thiocarbonyl (C=S) groups is 1. The Morgan fingerprint density at radius 1 is 1.33 bits per heavy atom. The van der Waals surface area contributed by atoms with E-state index in [9.17, 15) is 9.59 Å². The molecule has 21 heavy (non-hydrogen) atoms. The number of nitrogens with zero attached hydrogens (tertiary/aromatic N) is 1. The molecule has 0 radical (unpaired) electrons. The minimum atomic E-state index is -0.332. The Morgan fingerprint density at radius 3 is 2.57 bits per heavy atom. The molecule has 1 aromatic rings. The van der Waals surface area contributed by atoms with Crippen molar-refractivity contribution < 1.29 is 9.59 Å². The highest BCUT2D eigenvalue weighted by Crippen LogP contribution is 2.00. The number of pyridine rings is 1. The van der Waals surface area contributed by atoms with Crippen LogP contribution in [0.15, 0.2) is 18.3 Å². The average molecular weight is 308 g/mol. The van der Waals surface area contributed by atoms with E-state index in [0.29, 0.717) is 18.0 Å². The first-order valence-corrected chi connectivity index (χ1v) is 7.11. The SMILES string of the molecule is CC(C)CNC(=O)CCNC(=O)c1ccc(C(N)=S)cn1. The van der Waals surface area contributed by atoms with Crippen LogP contribution in [-0.2, 0) is 4.79 Å². The summed E-state index contributed by atoms with van der Waals surface area (Å²) in [6.45, 7) is 4.94. The third kappa shape index (κ3) is 6.31. The van der Waals surface area contributed by atoms with Crippen LogP contribution in [0.2, 0.25) is 0 Å². The summed E-state index contributed by atoms with van der Waals surface area (Å²) in [6, 6.07) is 3.18. The number of aromatic nitrogens is 1. The summed E-state index contributed by atoms with van der Waals surface area (Å²) < 4.78 is 0. The highest BCUT2D eigenvalue weighted by Gasteiger charge is 2.08. The van der Waals surface area contributed by atoms with Crippen LogP contribution in [0.25, 0.3) is 0 Å². The van der Waals surface area contributed by atoms with Crippen molar-refractivity contribution in [1.29, 1.82) is 0 Å². The van der Waals surface area contributed by atoms with Gasteiger partial charge in [-0.2, -0.15) is 0 Å². The highest BCUT2D eigenvalue weighted by molar-refractivity contribution is 7.80. The summed E-state index contributed by atoms with van der Waals surface area (Å²) in [6.07, 6.45) is 1.69. The zero-order chi connectivity index (χ0) is 15.8. The van der Waals surface area contributed by atoms with Crippen LogP contribution in [0.5, 0.6) is 0 Å². The highest BCUT2D eigenvalue weighted by atomic mass is 32.1. The number of hydrogen-bond acceptors (Lipinski definition) is 4. The normalized spacial score (nSPS) is 10.2. The average Bonchev–Trinajstić information content (AvgIpc) is 2.45. The van der Waals surface area contributed by atoms with Gasteiger partial charge in [-0.25, -0.2) is 0 Å². The van der Waals surface area contributed by atoms with Gasteiger partial charge in [-0.15, -0.1) is 0 Å². The lowest BCUT2D eigenvalue weighted by molar-refractivity contribution is -0.121. The topological polar surface area (TPSA) is 97.1 Å². The number of nitrogens with one attached hydrogen (secondary N) is 2. The molecule has 0 atom stereocenters. The lowest BCUT2D eigenvalue weighted by Gasteiger charge is -2.08. The van der Waals surface area contributed by atoms with Gasteiger partial charge >= 0.3 is 0 Å². The van der Waals surface area contributed by atoms with E-state index in [2.05, 4.69) is 15.6 Å². The third-order valence-corrected chi connectivity index (χ3v) is 2.86. The number of amides is 2. The maximum absolute atomic E-state index is 11.8. The van der Waals surface area contributed by atoms with Crippen molar-refractivity contribution in [1.82, 2.24) is 15.6 Å². The van der Waals surface area contributed by atoms with Gasteiger partial charge in [0.15, 0.2) is 0 Å². The summed E-state index contributed by atoms with van der Waals surface area (Å²) >= 11 is 4.81. The second kappa shape index (κ2) is 8.31. The van der Waals surface area contributed by atoms with Crippen molar-refractivity contribution in [3.63, 3.8) is 0 Å². The van der Waals surface area contributed by atoms with E-state index < -0.39 is 0 Å². The van der Waals surface area contributed by atoms with Crippen LogP contribution >= 0.6 is 12.2 Å². The number of rotatable bonds is 7. The first-order chi connectivity index (χ1) is 9.90. The standard InChI is InChI=1S/C14H20N4O2S/c1-9(2)7-18-12(19)5-6-16-14(20)11-4-3-10(8-17-11)13(15)21/h3-4,8-9H,5-7H2,1-2H3,(H2,15,21)(H,16,20)(H,18,19). The lowest BCUT2D eigenvalue weighted by Crippen LogP contribution is -2.32. The van der Waals surface area contributed by atoms with E-state index in [1.807, 2.05) is 13.8 Å². The van der Waals surface area contributed by atoms with Crippen LogP contribution in [0.1, 0.15) is 36.3 Å². The van der Waals surface area contributed by atoms with Crippen LogP contribution in [0.3, 0.4) is 0 Å². The van der Waals surface area contributed by atoms with Crippen molar-refractivity contribution in [3.8, 4) is 0 Å².